The number of hydrogen-bond acceptors (Lipinski definition) is 5. The van der Waals surface area contributed by atoms with E-state index < -0.39 is 23.8 Å². The van der Waals surface area contributed by atoms with Crippen LogP contribution in [0.2, 0.25) is 5.02 Å². The summed E-state index contributed by atoms with van der Waals surface area (Å²) in [5, 5.41) is 6.30. The van der Waals surface area contributed by atoms with Gasteiger partial charge in [-0.3, -0.25) is 19.4 Å². The minimum Gasteiger partial charge on any atom is -0.293 e. The summed E-state index contributed by atoms with van der Waals surface area (Å²) >= 11 is 5.94. The lowest BCUT2D eigenvalue weighted by molar-refractivity contribution is -0.122. The lowest BCUT2D eigenvalue weighted by Crippen LogP contribution is -2.39. The molecule has 6 nitrogen and oxygen atoms in total. The van der Waals surface area contributed by atoms with Crippen LogP contribution in [0.4, 0.5) is 11.4 Å². The molecular weight excluding hydrogens is 366 g/mol. The van der Waals surface area contributed by atoms with Gasteiger partial charge in [0.05, 0.1) is 11.4 Å². The van der Waals surface area contributed by atoms with Gasteiger partial charge in [0.15, 0.2) is 5.78 Å². The number of halogens is 1. The fraction of sp³-hybridized carbons (Fsp3) is 0.200. The topological polar surface area (TPSA) is 70.1 Å². The number of nitrogens with zero attached hydrogens (tertiary/aromatic N) is 3. The van der Waals surface area contributed by atoms with Gasteiger partial charge in [-0.25, -0.2) is 4.90 Å². The van der Waals surface area contributed by atoms with Crippen LogP contribution in [0.1, 0.15) is 12.5 Å². The Morgan fingerprint density at radius 1 is 0.963 bits per heavy atom. The van der Waals surface area contributed by atoms with Crippen molar-refractivity contribution < 1.29 is 14.4 Å². The van der Waals surface area contributed by atoms with Gasteiger partial charge in [-0.2, -0.15) is 5.10 Å². The molecule has 0 bridgehead atoms. The lowest BCUT2D eigenvalue weighted by Gasteiger charge is -2.22. The van der Waals surface area contributed by atoms with Gasteiger partial charge in [0, 0.05) is 11.9 Å². The van der Waals surface area contributed by atoms with Crippen molar-refractivity contribution >= 4 is 46.3 Å². The number of amides is 2. The van der Waals surface area contributed by atoms with E-state index in [2.05, 4.69) is 5.10 Å². The Labute approximate surface area is 161 Å². The summed E-state index contributed by atoms with van der Waals surface area (Å²) in [6, 6.07) is 13.0. The van der Waals surface area contributed by atoms with E-state index in [4.69, 9.17) is 11.6 Å². The van der Waals surface area contributed by atoms with E-state index in [0.717, 1.165) is 10.5 Å². The Morgan fingerprint density at radius 2 is 1.56 bits per heavy atom. The number of benzene rings is 2. The summed E-state index contributed by atoms with van der Waals surface area (Å²) in [7, 11) is 0. The maximum absolute atomic E-state index is 13.2. The number of imide groups is 1. The van der Waals surface area contributed by atoms with Crippen molar-refractivity contribution in [1.82, 2.24) is 0 Å². The molecule has 7 heteroatoms. The van der Waals surface area contributed by atoms with Crippen LogP contribution in [0.25, 0.3) is 0 Å². The number of hydrogen-bond donors (Lipinski definition) is 0. The third kappa shape index (κ3) is 2.73. The second-order valence-corrected chi connectivity index (χ2v) is 7.07. The molecule has 136 valence electrons. The summed E-state index contributed by atoms with van der Waals surface area (Å²) in [6.07, 6.45) is 0. The predicted octanol–water partition coefficient (Wildman–Crippen LogP) is 2.97. The van der Waals surface area contributed by atoms with E-state index in [1.165, 1.54) is 11.9 Å². The zero-order chi connectivity index (χ0) is 19.3. The average Bonchev–Trinajstić information content (AvgIpc) is 3.15. The van der Waals surface area contributed by atoms with Crippen molar-refractivity contribution in [2.24, 2.45) is 11.0 Å². The Bertz CT molecular complexity index is 983. The van der Waals surface area contributed by atoms with Crippen molar-refractivity contribution in [3.05, 3.63) is 59.1 Å². The van der Waals surface area contributed by atoms with Crippen molar-refractivity contribution in [3.8, 4) is 0 Å². The van der Waals surface area contributed by atoms with Crippen molar-refractivity contribution in [1.29, 1.82) is 0 Å². The molecular formula is C20H16ClN3O3. The first kappa shape index (κ1) is 17.4. The second-order valence-electron chi connectivity index (χ2n) is 6.63. The molecule has 1 saturated heterocycles. The molecule has 0 radical (unpaired) electrons. The van der Waals surface area contributed by atoms with E-state index in [0.29, 0.717) is 16.4 Å². The van der Waals surface area contributed by atoms with Crippen LogP contribution < -0.4 is 9.91 Å². The zero-order valence-electron chi connectivity index (χ0n) is 14.7. The minimum absolute atomic E-state index is 0.0999. The van der Waals surface area contributed by atoms with Crippen LogP contribution in [0, 0.1) is 12.8 Å². The number of anilines is 2. The number of rotatable bonds is 3. The highest BCUT2D eigenvalue weighted by atomic mass is 35.5. The quantitative estimate of drug-likeness (QED) is 0.766. The summed E-state index contributed by atoms with van der Waals surface area (Å²) < 4.78 is 0. The largest absolute Gasteiger partial charge is 0.293 e. The Hall–Kier alpha value is -2.99. The van der Waals surface area contributed by atoms with Crippen LogP contribution in [0.5, 0.6) is 0 Å². The molecule has 2 aliphatic heterocycles. The van der Waals surface area contributed by atoms with Crippen LogP contribution in [0.15, 0.2) is 53.6 Å². The highest BCUT2D eigenvalue weighted by molar-refractivity contribution is 6.48. The fourth-order valence-electron chi connectivity index (χ4n) is 3.46. The SMILES string of the molecule is CC(=O)C1=NN(c2ccc(Cl)cc2)[C@H]2C(=O)N(c3ccc(C)cc3)C(=O)[C@H]12. The number of Topliss-reactive ketones (excluding diaryl/α,β-unsaturated/α-hetero) is 1. The molecule has 2 aliphatic rings. The summed E-state index contributed by atoms with van der Waals surface area (Å²) in [5.41, 5.74) is 2.20. The molecule has 0 aliphatic carbocycles. The normalized spacial score (nSPS) is 21.5. The minimum atomic E-state index is -0.910. The van der Waals surface area contributed by atoms with Gasteiger partial charge in [0.1, 0.15) is 17.7 Å². The van der Waals surface area contributed by atoms with Gasteiger partial charge >= 0.3 is 0 Å². The van der Waals surface area contributed by atoms with Crippen LogP contribution in [0.3, 0.4) is 0 Å². The fourth-order valence-corrected chi connectivity index (χ4v) is 3.59. The highest BCUT2D eigenvalue weighted by Gasteiger charge is 2.58. The van der Waals surface area contributed by atoms with Gasteiger partial charge in [-0.15, -0.1) is 0 Å². The van der Waals surface area contributed by atoms with E-state index in [9.17, 15) is 14.4 Å². The first-order valence-corrected chi connectivity index (χ1v) is 8.85. The number of carbonyl (C=O) groups excluding carboxylic acids is 3. The zero-order valence-corrected chi connectivity index (χ0v) is 15.5. The molecule has 0 spiro atoms. The molecule has 4 rings (SSSR count). The molecule has 1 fully saturated rings. The number of fused-ring (bicyclic) bond motifs is 1. The maximum atomic E-state index is 13.2. The van der Waals surface area contributed by atoms with Gasteiger partial charge in [-0.05, 0) is 43.3 Å². The van der Waals surface area contributed by atoms with Crippen molar-refractivity contribution in [3.63, 3.8) is 0 Å². The summed E-state index contributed by atoms with van der Waals surface area (Å²) in [6.45, 7) is 3.28. The number of aryl methyl sites for hydroxylation is 1. The molecule has 0 unspecified atom stereocenters. The summed E-state index contributed by atoms with van der Waals surface area (Å²) in [4.78, 5) is 39.5. The number of carbonyl (C=O) groups is 3. The van der Waals surface area contributed by atoms with Gasteiger partial charge < -0.3 is 0 Å². The molecule has 27 heavy (non-hydrogen) atoms. The Morgan fingerprint density at radius 3 is 2.15 bits per heavy atom. The van der Waals surface area contributed by atoms with E-state index >= 15 is 0 Å². The molecule has 2 heterocycles. The molecule has 2 aromatic rings. The van der Waals surface area contributed by atoms with Crippen molar-refractivity contribution in [2.45, 2.75) is 19.9 Å². The standard InChI is InChI=1S/C20H16ClN3O3/c1-11-3-7-14(8-4-11)23-19(26)16-17(12(2)25)22-24(18(16)20(23)27)15-9-5-13(21)6-10-15/h3-10,16,18H,1-2H3/t16-,18-/m1/s1. The van der Waals surface area contributed by atoms with Crippen LogP contribution in [-0.4, -0.2) is 29.4 Å². The maximum Gasteiger partial charge on any atom is 0.259 e. The predicted molar refractivity (Wildman–Crippen MR) is 103 cm³/mol. The van der Waals surface area contributed by atoms with Gasteiger partial charge in [0.2, 0.25) is 5.91 Å². The van der Waals surface area contributed by atoms with Crippen molar-refractivity contribution in [2.75, 3.05) is 9.91 Å². The molecule has 0 N–H and O–H groups in total. The molecule has 0 saturated carbocycles. The average molecular weight is 382 g/mol. The van der Waals surface area contributed by atoms with Gasteiger partial charge in [0.25, 0.3) is 5.91 Å². The lowest BCUT2D eigenvalue weighted by atomic mass is 9.95. The molecule has 2 amide bonds. The smallest absolute Gasteiger partial charge is 0.259 e. The monoisotopic (exact) mass is 381 g/mol. The van der Waals surface area contributed by atoms with Gasteiger partial charge in [-0.1, -0.05) is 29.3 Å². The molecule has 0 aromatic heterocycles. The second kappa shape index (κ2) is 6.32. The first-order chi connectivity index (χ1) is 12.9. The third-order valence-electron chi connectivity index (χ3n) is 4.79. The van der Waals surface area contributed by atoms with Crippen LogP contribution in [-0.2, 0) is 14.4 Å². The number of hydrazone groups is 1. The van der Waals surface area contributed by atoms with E-state index in [-0.39, 0.29) is 11.5 Å². The molecule has 2 atom stereocenters. The molecule has 2 aromatic carbocycles. The first-order valence-electron chi connectivity index (χ1n) is 8.47. The summed E-state index contributed by atoms with van der Waals surface area (Å²) in [5.74, 6) is -2.07. The van der Waals surface area contributed by atoms with Crippen LogP contribution >= 0.6 is 11.6 Å². The Balaban J connectivity index is 1.79. The highest BCUT2D eigenvalue weighted by Crippen LogP contribution is 2.38. The van der Waals surface area contributed by atoms with E-state index in [1.807, 2.05) is 19.1 Å². The third-order valence-corrected chi connectivity index (χ3v) is 5.05. The Kier molecular flexibility index (Phi) is 4.08. The van der Waals surface area contributed by atoms with E-state index in [1.54, 1.807) is 36.4 Å². The number of ketones is 1.